The van der Waals surface area contributed by atoms with E-state index >= 15 is 0 Å². The van der Waals surface area contributed by atoms with Crippen molar-refractivity contribution in [2.75, 3.05) is 12.1 Å². The molecule has 1 aliphatic rings. The molecule has 2 aromatic rings. The molecule has 0 fully saturated rings. The molecular weight excluding hydrogens is 340 g/mol. The maximum Gasteiger partial charge on any atom is 0.306 e. The molecule has 0 spiro atoms. The van der Waals surface area contributed by atoms with Crippen LogP contribution >= 0.6 is 0 Å². The molecule has 0 bridgehead atoms. The lowest BCUT2D eigenvalue weighted by Gasteiger charge is -2.13. The molecule has 26 heavy (non-hydrogen) atoms. The van der Waals surface area contributed by atoms with Gasteiger partial charge in [0, 0.05) is 23.7 Å². The van der Waals surface area contributed by atoms with Crippen LogP contribution in [0.4, 0.5) is 5.69 Å². The number of anilines is 1. The number of aryl methyl sites for hydroxylation is 2. The molecule has 1 aliphatic heterocycles. The SMILES string of the molecule is Cc1noc(C)c1CCC(=O)O[C@@H](C)C(=O)Nc1ccc2c(c1)OCO2. The van der Waals surface area contributed by atoms with Crippen molar-refractivity contribution >= 4 is 17.6 Å². The highest BCUT2D eigenvalue weighted by atomic mass is 16.7. The summed E-state index contributed by atoms with van der Waals surface area (Å²) < 4.78 is 20.7. The van der Waals surface area contributed by atoms with E-state index in [1.165, 1.54) is 6.92 Å². The summed E-state index contributed by atoms with van der Waals surface area (Å²) in [7, 11) is 0. The van der Waals surface area contributed by atoms with Crippen molar-refractivity contribution in [3.8, 4) is 11.5 Å². The normalized spacial score (nSPS) is 13.3. The largest absolute Gasteiger partial charge is 0.454 e. The van der Waals surface area contributed by atoms with Gasteiger partial charge in [0.05, 0.1) is 5.69 Å². The first-order valence-electron chi connectivity index (χ1n) is 8.26. The molecule has 0 saturated heterocycles. The molecule has 8 nitrogen and oxygen atoms in total. The summed E-state index contributed by atoms with van der Waals surface area (Å²) in [5, 5.41) is 6.53. The molecule has 1 aromatic carbocycles. The Morgan fingerprint density at radius 3 is 2.77 bits per heavy atom. The Labute approximate surface area is 150 Å². The Morgan fingerprint density at radius 1 is 1.27 bits per heavy atom. The zero-order valence-electron chi connectivity index (χ0n) is 14.8. The highest BCUT2D eigenvalue weighted by molar-refractivity contribution is 5.95. The van der Waals surface area contributed by atoms with Gasteiger partial charge >= 0.3 is 5.97 Å². The summed E-state index contributed by atoms with van der Waals surface area (Å²) in [5.41, 5.74) is 2.18. The first kappa shape index (κ1) is 17.8. The summed E-state index contributed by atoms with van der Waals surface area (Å²) in [6.45, 7) is 5.29. The van der Waals surface area contributed by atoms with Gasteiger partial charge in [-0.15, -0.1) is 0 Å². The van der Waals surface area contributed by atoms with E-state index in [4.69, 9.17) is 18.7 Å². The van der Waals surface area contributed by atoms with Crippen molar-refractivity contribution in [2.24, 2.45) is 0 Å². The van der Waals surface area contributed by atoms with Crippen LogP contribution in [-0.4, -0.2) is 29.9 Å². The summed E-state index contributed by atoms with van der Waals surface area (Å²) in [5.74, 6) is 0.991. The quantitative estimate of drug-likeness (QED) is 0.790. The Balaban J connectivity index is 1.50. The number of ether oxygens (including phenoxy) is 3. The highest BCUT2D eigenvalue weighted by Gasteiger charge is 2.20. The van der Waals surface area contributed by atoms with E-state index in [-0.39, 0.29) is 13.2 Å². The Hall–Kier alpha value is -3.03. The van der Waals surface area contributed by atoms with E-state index in [0.717, 1.165) is 11.3 Å². The first-order valence-corrected chi connectivity index (χ1v) is 8.26. The van der Waals surface area contributed by atoms with Crippen LogP contribution in [0.15, 0.2) is 22.7 Å². The van der Waals surface area contributed by atoms with Gasteiger partial charge < -0.3 is 24.1 Å². The number of amides is 1. The molecule has 0 aliphatic carbocycles. The second-order valence-corrected chi connectivity index (χ2v) is 5.99. The fourth-order valence-corrected chi connectivity index (χ4v) is 2.61. The molecule has 1 N–H and O–H groups in total. The minimum atomic E-state index is -0.919. The summed E-state index contributed by atoms with van der Waals surface area (Å²) >= 11 is 0. The Kier molecular flexibility index (Phi) is 5.11. The molecule has 0 saturated carbocycles. The fourth-order valence-electron chi connectivity index (χ4n) is 2.61. The molecule has 3 rings (SSSR count). The minimum Gasteiger partial charge on any atom is -0.454 e. The lowest BCUT2D eigenvalue weighted by Crippen LogP contribution is -2.30. The van der Waals surface area contributed by atoms with Gasteiger partial charge in [-0.1, -0.05) is 5.16 Å². The second kappa shape index (κ2) is 7.47. The van der Waals surface area contributed by atoms with Crippen LogP contribution in [0.5, 0.6) is 11.5 Å². The molecule has 8 heteroatoms. The van der Waals surface area contributed by atoms with Crippen LogP contribution < -0.4 is 14.8 Å². The van der Waals surface area contributed by atoms with Crippen LogP contribution in [0, 0.1) is 13.8 Å². The second-order valence-electron chi connectivity index (χ2n) is 5.99. The number of carbonyl (C=O) groups is 2. The van der Waals surface area contributed by atoms with E-state index < -0.39 is 18.0 Å². The molecule has 2 heterocycles. The number of esters is 1. The van der Waals surface area contributed by atoms with Crippen molar-refractivity contribution in [1.82, 2.24) is 5.16 Å². The van der Waals surface area contributed by atoms with E-state index in [9.17, 15) is 9.59 Å². The van der Waals surface area contributed by atoms with Crippen molar-refractivity contribution < 1.29 is 28.3 Å². The zero-order valence-corrected chi connectivity index (χ0v) is 14.8. The van der Waals surface area contributed by atoms with E-state index in [1.54, 1.807) is 25.1 Å². The third kappa shape index (κ3) is 3.96. The van der Waals surface area contributed by atoms with Gasteiger partial charge in [0.2, 0.25) is 6.79 Å². The Bertz CT molecular complexity index is 810. The molecule has 0 unspecified atom stereocenters. The van der Waals surface area contributed by atoms with Gasteiger partial charge in [-0.25, -0.2) is 0 Å². The molecule has 1 aromatic heterocycles. The highest BCUT2D eigenvalue weighted by Crippen LogP contribution is 2.34. The van der Waals surface area contributed by atoms with Gasteiger partial charge in [-0.3, -0.25) is 9.59 Å². The van der Waals surface area contributed by atoms with Crippen molar-refractivity contribution in [1.29, 1.82) is 0 Å². The van der Waals surface area contributed by atoms with E-state index in [2.05, 4.69) is 10.5 Å². The van der Waals surface area contributed by atoms with Gasteiger partial charge in [0.1, 0.15) is 5.76 Å². The first-order chi connectivity index (χ1) is 12.4. The lowest BCUT2D eigenvalue weighted by molar-refractivity contribution is -0.153. The van der Waals surface area contributed by atoms with Crippen molar-refractivity contribution in [3.63, 3.8) is 0 Å². The number of carbonyl (C=O) groups excluding carboxylic acids is 2. The number of hydrogen-bond acceptors (Lipinski definition) is 7. The topological polar surface area (TPSA) is 99.9 Å². The van der Waals surface area contributed by atoms with Gasteiger partial charge in [-0.05, 0) is 39.3 Å². The number of nitrogens with one attached hydrogen (secondary N) is 1. The summed E-state index contributed by atoms with van der Waals surface area (Å²) in [6.07, 6.45) is -0.321. The van der Waals surface area contributed by atoms with Crippen molar-refractivity contribution in [3.05, 3.63) is 35.2 Å². The van der Waals surface area contributed by atoms with Gasteiger partial charge in [0.15, 0.2) is 17.6 Å². The average molecular weight is 360 g/mol. The maximum atomic E-state index is 12.2. The van der Waals surface area contributed by atoms with Crippen molar-refractivity contribution in [2.45, 2.75) is 39.7 Å². The van der Waals surface area contributed by atoms with Gasteiger partial charge in [-0.2, -0.15) is 0 Å². The number of rotatable bonds is 6. The molecule has 0 radical (unpaired) electrons. The predicted molar refractivity (Wildman–Crippen MR) is 91.0 cm³/mol. The maximum absolute atomic E-state index is 12.2. The molecular formula is C18H20N2O6. The summed E-state index contributed by atoms with van der Waals surface area (Å²) in [6, 6.07) is 5.06. The molecule has 138 valence electrons. The Morgan fingerprint density at radius 2 is 2.04 bits per heavy atom. The standard InChI is InChI=1S/C18H20N2O6/c1-10-14(11(2)26-20-10)5-7-17(21)25-12(3)18(22)19-13-4-6-15-16(8-13)24-9-23-15/h4,6,8,12H,5,7,9H2,1-3H3,(H,19,22)/t12-/m0/s1. The summed E-state index contributed by atoms with van der Waals surface area (Å²) in [4.78, 5) is 24.2. The number of benzene rings is 1. The van der Waals surface area contributed by atoms with Crippen LogP contribution in [0.2, 0.25) is 0 Å². The fraction of sp³-hybridized carbons (Fsp3) is 0.389. The molecule has 1 amide bonds. The van der Waals surface area contributed by atoms with Gasteiger partial charge in [0.25, 0.3) is 5.91 Å². The van der Waals surface area contributed by atoms with Crippen LogP contribution in [-0.2, 0) is 20.7 Å². The van der Waals surface area contributed by atoms with Crippen LogP contribution in [0.3, 0.4) is 0 Å². The third-order valence-electron chi connectivity index (χ3n) is 4.08. The zero-order chi connectivity index (χ0) is 18.7. The third-order valence-corrected chi connectivity index (χ3v) is 4.08. The van der Waals surface area contributed by atoms with E-state index in [1.807, 2.05) is 6.92 Å². The van der Waals surface area contributed by atoms with Crippen LogP contribution in [0.25, 0.3) is 0 Å². The smallest absolute Gasteiger partial charge is 0.306 e. The minimum absolute atomic E-state index is 0.143. The van der Waals surface area contributed by atoms with E-state index in [0.29, 0.717) is 29.4 Å². The van der Waals surface area contributed by atoms with Crippen LogP contribution in [0.1, 0.15) is 30.4 Å². The number of fused-ring (bicyclic) bond motifs is 1. The average Bonchev–Trinajstić information content (AvgIpc) is 3.19. The number of nitrogens with zero attached hydrogens (tertiary/aromatic N) is 1. The number of aromatic nitrogens is 1. The predicted octanol–water partition coefficient (Wildman–Crippen LogP) is 2.52. The molecule has 1 atom stereocenters. The lowest BCUT2D eigenvalue weighted by atomic mass is 10.1. The monoisotopic (exact) mass is 360 g/mol. The number of hydrogen-bond donors (Lipinski definition) is 1.